The number of nitrogens with zero attached hydrogens (tertiary/aromatic N) is 1. The van der Waals surface area contributed by atoms with Gasteiger partial charge in [-0.05, 0) is 43.9 Å². The lowest BCUT2D eigenvalue weighted by atomic mass is 9.79. The standard InChI is InChI=1S/C16H19FN4O3/c1-16(13(22)19-14(23)20-16)10-5-7-21(8-6-10)15(24)18-12-4-2-3-11(17)9-12/h2-4,9-10H,5-8H2,1H3,(H,18,24)(H2,19,20,22,23)/t16-/m1/s1. The van der Waals surface area contributed by atoms with Gasteiger partial charge in [0.05, 0.1) is 0 Å². The van der Waals surface area contributed by atoms with Crippen molar-refractivity contribution in [3.05, 3.63) is 30.1 Å². The number of rotatable bonds is 2. The van der Waals surface area contributed by atoms with E-state index in [2.05, 4.69) is 16.0 Å². The molecule has 2 fully saturated rings. The smallest absolute Gasteiger partial charge is 0.322 e. The quantitative estimate of drug-likeness (QED) is 0.719. The number of imide groups is 1. The molecule has 2 aliphatic heterocycles. The van der Waals surface area contributed by atoms with Crippen LogP contribution in [0.1, 0.15) is 19.8 Å². The number of anilines is 1. The summed E-state index contributed by atoms with van der Waals surface area (Å²) in [6.07, 6.45) is 1.20. The molecule has 0 unspecified atom stereocenters. The van der Waals surface area contributed by atoms with E-state index in [0.717, 1.165) is 0 Å². The van der Waals surface area contributed by atoms with Gasteiger partial charge in [-0.2, -0.15) is 0 Å². The van der Waals surface area contributed by atoms with Gasteiger partial charge in [-0.25, -0.2) is 14.0 Å². The van der Waals surface area contributed by atoms with Gasteiger partial charge < -0.3 is 15.5 Å². The number of benzene rings is 1. The molecule has 5 amide bonds. The van der Waals surface area contributed by atoms with E-state index < -0.39 is 17.4 Å². The van der Waals surface area contributed by atoms with E-state index >= 15 is 0 Å². The van der Waals surface area contributed by atoms with Crippen molar-refractivity contribution in [2.45, 2.75) is 25.3 Å². The zero-order chi connectivity index (χ0) is 17.3. The molecule has 3 N–H and O–H groups in total. The summed E-state index contributed by atoms with van der Waals surface area (Å²) in [7, 11) is 0. The second kappa shape index (κ2) is 6.10. The zero-order valence-electron chi connectivity index (χ0n) is 13.3. The summed E-state index contributed by atoms with van der Waals surface area (Å²) in [5.41, 5.74) is -0.529. The summed E-state index contributed by atoms with van der Waals surface area (Å²) in [5, 5.41) is 7.60. The van der Waals surface area contributed by atoms with Crippen LogP contribution in [0.3, 0.4) is 0 Å². The van der Waals surface area contributed by atoms with Crippen LogP contribution in [-0.2, 0) is 4.79 Å². The van der Waals surface area contributed by atoms with Crippen LogP contribution in [0.25, 0.3) is 0 Å². The van der Waals surface area contributed by atoms with Crippen LogP contribution in [0.4, 0.5) is 19.7 Å². The molecule has 7 nitrogen and oxygen atoms in total. The molecular weight excluding hydrogens is 315 g/mol. The van der Waals surface area contributed by atoms with Crippen LogP contribution in [0.15, 0.2) is 24.3 Å². The molecule has 0 aliphatic carbocycles. The van der Waals surface area contributed by atoms with Crippen molar-refractivity contribution in [1.82, 2.24) is 15.5 Å². The highest BCUT2D eigenvalue weighted by atomic mass is 19.1. The van der Waals surface area contributed by atoms with Gasteiger partial charge in [-0.3, -0.25) is 10.1 Å². The molecular formula is C16H19FN4O3. The number of carbonyl (C=O) groups excluding carboxylic acids is 3. The number of amides is 5. The summed E-state index contributed by atoms with van der Waals surface area (Å²) in [6, 6.07) is 4.93. The van der Waals surface area contributed by atoms with Crippen molar-refractivity contribution in [3.63, 3.8) is 0 Å². The Labute approximate surface area is 138 Å². The van der Waals surface area contributed by atoms with E-state index in [0.29, 0.717) is 31.6 Å². The number of hydrogen-bond donors (Lipinski definition) is 3. The predicted octanol–water partition coefficient (Wildman–Crippen LogP) is 1.67. The van der Waals surface area contributed by atoms with Gasteiger partial charge in [-0.15, -0.1) is 0 Å². The minimum atomic E-state index is -0.928. The second-order valence-electron chi connectivity index (χ2n) is 6.31. The molecule has 0 radical (unpaired) electrons. The number of likely N-dealkylation sites (tertiary alicyclic amines) is 1. The highest BCUT2D eigenvalue weighted by Crippen LogP contribution is 2.30. The van der Waals surface area contributed by atoms with E-state index in [1.54, 1.807) is 17.9 Å². The summed E-state index contributed by atoms with van der Waals surface area (Å²) < 4.78 is 13.2. The molecule has 0 bridgehead atoms. The fourth-order valence-electron chi connectivity index (χ4n) is 3.27. The Kier molecular flexibility index (Phi) is 4.13. The third kappa shape index (κ3) is 3.04. The minimum absolute atomic E-state index is 0.0397. The van der Waals surface area contributed by atoms with Gasteiger partial charge in [0.25, 0.3) is 5.91 Å². The van der Waals surface area contributed by atoms with Crippen LogP contribution in [-0.4, -0.2) is 41.5 Å². The molecule has 1 aromatic carbocycles. The van der Waals surface area contributed by atoms with E-state index in [4.69, 9.17) is 0 Å². The lowest BCUT2D eigenvalue weighted by Gasteiger charge is -2.38. The van der Waals surface area contributed by atoms with Crippen molar-refractivity contribution in [3.8, 4) is 0 Å². The maximum Gasteiger partial charge on any atom is 0.322 e. The maximum atomic E-state index is 13.2. The molecule has 1 atom stereocenters. The van der Waals surface area contributed by atoms with Gasteiger partial charge in [0.1, 0.15) is 11.4 Å². The first kappa shape index (κ1) is 16.2. The van der Waals surface area contributed by atoms with E-state index in [9.17, 15) is 18.8 Å². The van der Waals surface area contributed by atoms with Gasteiger partial charge in [0.15, 0.2) is 0 Å². The van der Waals surface area contributed by atoms with Gasteiger partial charge in [0, 0.05) is 18.8 Å². The molecule has 2 aliphatic rings. The van der Waals surface area contributed by atoms with Crippen molar-refractivity contribution < 1.29 is 18.8 Å². The molecule has 1 aromatic rings. The number of hydrogen-bond acceptors (Lipinski definition) is 3. The SMILES string of the molecule is C[C@]1(C2CCN(C(=O)Nc3cccc(F)c3)CC2)NC(=O)NC1=O. The number of nitrogens with one attached hydrogen (secondary N) is 3. The minimum Gasteiger partial charge on any atom is -0.325 e. The molecule has 0 saturated carbocycles. The molecule has 3 rings (SSSR count). The molecule has 2 saturated heterocycles. The highest BCUT2D eigenvalue weighted by molar-refractivity contribution is 6.07. The number of piperidine rings is 1. The predicted molar refractivity (Wildman–Crippen MR) is 84.8 cm³/mol. The first-order chi connectivity index (χ1) is 11.4. The first-order valence-electron chi connectivity index (χ1n) is 7.83. The molecule has 8 heteroatoms. The van der Waals surface area contributed by atoms with Crippen LogP contribution in [0.5, 0.6) is 0 Å². The van der Waals surface area contributed by atoms with E-state index in [-0.39, 0.29) is 17.9 Å². The zero-order valence-corrected chi connectivity index (χ0v) is 13.3. The average molecular weight is 334 g/mol. The third-order valence-electron chi connectivity index (χ3n) is 4.75. The molecule has 0 spiro atoms. The van der Waals surface area contributed by atoms with Crippen molar-refractivity contribution in [1.29, 1.82) is 0 Å². The highest BCUT2D eigenvalue weighted by Gasteiger charge is 2.48. The summed E-state index contributed by atoms with van der Waals surface area (Å²) >= 11 is 0. The molecule has 128 valence electrons. The van der Waals surface area contributed by atoms with Crippen molar-refractivity contribution in [2.24, 2.45) is 5.92 Å². The van der Waals surface area contributed by atoms with Crippen LogP contribution in [0, 0.1) is 11.7 Å². The Morgan fingerprint density at radius 2 is 2.04 bits per heavy atom. The normalized spacial score (nSPS) is 24.5. The van der Waals surface area contributed by atoms with Gasteiger partial charge in [0.2, 0.25) is 0 Å². The molecule has 24 heavy (non-hydrogen) atoms. The average Bonchev–Trinajstić information content (AvgIpc) is 2.81. The summed E-state index contributed by atoms with van der Waals surface area (Å²) in [5.74, 6) is -0.778. The fourth-order valence-corrected chi connectivity index (χ4v) is 3.27. The fraction of sp³-hybridized carbons (Fsp3) is 0.438. The van der Waals surface area contributed by atoms with Crippen LogP contribution < -0.4 is 16.0 Å². The largest absolute Gasteiger partial charge is 0.325 e. The monoisotopic (exact) mass is 334 g/mol. The first-order valence-corrected chi connectivity index (χ1v) is 7.83. The lowest BCUT2D eigenvalue weighted by molar-refractivity contribution is -0.125. The van der Waals surface area contributed by atoms with Gasteiger partial charge >= 0.3 is 12.1 Å². The Morgan fingerprint density at radius 1 is 1.33 bits per heavy atom. The molecule has 0 aromatic heterocycles. The molecule has 2 heterocycles. The Hall–Kier alpha value is -2.64. The lowest BCUT2D eigenvalue weighted by Crippen LogP contribution is -2.54. The number of halogens is 1. The van der Waals surface area contributed by atoms with Crippen LogP contribution >= 0.6 is 0 Å². The van der Waals surface area contributed by atoms with Crippen LogP contribution in [0.2, 0.25) is 0 Å². The van der Waals surface area contributed by atoms with E-state index in [1.165, 1.54) is 18.2 Å². The summed E-state index contributed by atoms with van der Waals surface area (Å²) in [4.78, 5) is 37.2. The Bertz CT molecular complexity index is 688. The van der Waals surface area contributed by atoms with Gasteiger partial charge in [-0.1, -0.05) is 6.07 Å². The van der Waals surface area contributed by atoms with Crippen molar-refractivity contribution in [2.75, 3.05) is 18.4 Å². The van der Waals surface area contributed by atoms with Crippen molar-refractivity contribution >= 4 is 23.7 Å². The second-order valence-corrected chi connectivity index (χ2v) is 6.31. The Balaban J connectivity index is 1.58. The number of urea groups is 2. The maximum absolute atomic E-state index is 13.2. The number of carbonyl (C=O) groups is 3. The Morgan fingerprint density at radius 3 is 2.62 bits per heavy atom. The van der Waals surface area contributed by atoms with E-state index in [1.807, 2.05) is 0 Å². The summed E-state index contributed by atoms with van der Waals surface area (Å²) in [6.45, 7) is 2.63. The third-order valence-corrected chi connectivity index (χ3v) is 4.75. The topological polar surface area (TPSA) is 90.5 Å².